The molecule has 0 saturated carbocycles. The first kappa shape index (κ1) is 13.6. The Kier molecular flexibility index (Phi) is 3.88. The molecule has 1 N–H and O–H groups in total. The van der Waals surface area contributed by atoms with Gasteiger partial charge in [0.1, 0.15) is 11.3 Å². The summed E-state index contributed by atoms with van der Waals surface area (Å²) >= 11 is 0. The fourth-order valence-electron chi connectivity index (χ4n) is 2.32. The van der Waals surface area contributed by atoms with E-state index >= 15 is 0 Å². The Morgan fingerprint density at radius 3 is 2.90 bits per heavy atom. The van der Waals surface area contributed by atoms with E-state index in [1.165, 1.54) is 0 Å². The van der Waals surface area contributed by atoms with Crippen molar-refractivity contribution in [1.29, 1.82) is 0 Å². The molecular formula is C17H18N2O2. The number of benzene rings is 1. The molecule has 3 aromatic rings. The molecule has 21 heavy (non-hydrogen) atoms. The van der Waals surface area contributed by atoms with Crippen LogP contribution in [0.2, 0.25) is 0 Å². The summed E-state index contributed by atoms with van der Waals surface area (Å²) in [5.74, 6) is 1.58. The van der Waals surface area contributed by atoms with Gasteiger partial charge in [0.25, 0.3) is 0 Å². The van der Waals surface area contributed by atoms with Crippen LogP contribution in [0, 0.1) is 0 Å². The highest BCUT2D eigenvalue weighted by atomic mass is 16.5. The highest BCUT2D eigenvalue weighted by Crippen LogP contribution is 2.24. The number of hydrogen-bond donors (Lipinski definition) is 1. The van der Waals surface area contributed by atoms with Crippen LogP contribution in [0.3, 0.4) is 0 Å². The zero-order valence-corrected chi connectivity index (χ0v) is 12.2. The largest absolute Gasteiger partial charge is 0.481 e. The number of ether oxygens (including phenoxy) is 1. The van der Waals surface area contributed by atoms with Crippen LogP contribution < -0.4 is 10.1 Å². The summed E-state index contributed by atoms with van der Waals surface area (Å²) in [6.45, 7) is 2.76. The molecule has 0 amide bonds. The molecule has 0 aliphatic carbocycles. The van der Waals surface area contributed by atoms with Crippen molar-refractivity contribution in [2.75, 3.05) is 7.11 Å². The molecular weight excluding hydrogens is 264 g/mol. The summed E-state index contributed by atoms with van der Waals surface area (Å²) in [5, 5.41) is 4.56. The first-order valence-corrected chi connectivity index (χ1v) is 6.97. The second-order valence-electron chi connectivity index (χ2n) is 4.96. The molecule has 4 nitrogen and oxygen atoms in total. The number of fused-ring (bicyclic) bond motifs is 1. The van der Waals surface area contributed by atoms with Gasteiger partial charge in [-0.2, -0.15) is 0 Å². The summed E-state index contributed by atoms with van der Waals surface area (Å²) in [6, 6.07) is 14.1. The average molecular weight is 282 g/mol. The summed E-state index contributed by atoms with van der Waals surface area (Å²) < 4.78 is 11.1. The Morgan fingerprint density at radius 2 is 2.10 bits per heavy atom. The van der Waals surface area contributed by atoms with Gasteiger partial charge < -0.3 is 14.5 Å². The molecule has 1 atom stereocenters. The maximum atomic E-state index is 5.87. The van der Waals surface area contributed by atoms with Crippen LogP contribution in [0.5, 0.6) is 5.88 Å². The van der Waals surface area contributed by atoms with Gasteiger partial charge in [-0.05, 0) is 25.1 Å². The monoisotopic (exact) mass is 282 g/mol. The van der Waals surface area contributed by atoms with E-state index in [4.69, 9.17) is 9.15 Å². The normalized spacial score (nSPS) is 12.5. The van der Waals surface area contributed by atoms with Crippen molar-refractivity contribution in [1.82, 2.24) is 10.3 Å². The number of nitrogens with one attached hydrogen (secondary N) is 1. The molecule has 0 saturated heterocycles. The number of methoxy groups -OCH3 is 1. The van der Waals surface area contributed by atoms with Crippen molar-refractivity contribution in [3.8, 4) is 5.88 Å². The van der Waals surface area contributed by atoms with E-state index in [1.807, 2.05) is 30.3 Å². The van der Waals surface area contributed by atoms with Gasteiger partial charge in [-0.15, -0.1) is 0 Å². The van der Waals surface area contributed by atoms with Crippen LogP contribution in [-0.2, 0) is 6.54 Å². The van der Waals surface area contributed by atoms with Crippen molar-refractivity contribution in [3.05, 3.63) is 60.0 Å². The van der Waals surface area contributed by atoms with Crippen molar-refractivity contribution in [2.24, 2.45) is 0 Å². The minimum atomic E-state index is 0.113. The van der Waals surface area contributed by atoms with Crippen molar-refractivity contribution >= 4 is 11.0 Å². The number of rotatable bonds is 5. The summed E-state index contributed by atoms with van der Waals surface area (Å²) in [6.07, 6.45) is 1.73. The zero-order chi connectivity index (χ0) is 14.7. The van der Waals surface area contributed by atoms with E-state index in [-0.39, 0.29) is 6.04 Å². The Balaban J connectivity index is 1.72. The lowest BCUT2D eigenvalue weighted by molar-refractivity contribution is 0.386. The minimum absolute atomic E-state index is 0.113. The van der Waals surface area contributed by atoms with Crippen LogP contribution in [0.15, 0.2) is 53.1 Å². The third-order valence-electron chi connectivity index (χ3n) is 3.51. The molecule has 0 spiro atoms. The molecule has 0 bridgehead atoms. The van der Waals surface area contributed by atoms with Crippen molar-refractivity contribution in [2.45, 2.75) is 19.5 Å². The Labute approximate surface area is 123 Å². The maximum absolute atomic E-state index is 5.87. The van der Waals surface area contributed by atoms with Gasteiger partial charge in [0.15, 0.2) is 0 Å². The van der Waals surface area contributed by atoms with E-state index in [0.29, 0.717) is 12.4 Å². The van der Waals surface area contributed by atoms with E-state index in [9.17, 15) is 0 Å². The molecule has 0 aliphatic heterocycles. The standard InChI is InChI=1S/C17H18N2O2/c1-12(16-10-13-6-3-4-8-15(13)21-16)19-11-14-7-5-9-18-17(14)20-2/h3-10,12,19H,11H2,1-2H3/t12-/m1/s1. The molecule has 3 rings (SSSR count). The van der Waals surface area contributed by atoms with Crippen LogP contribution in [0.1, 0.15) is 24.3 Å². The highest BCUT2D eigenvalue weighted by molar-refractivity contribution is 5.77. The van der Waals surface area contributed by atoms with E-state index in [0.717, 1.165) is 22.3 Å². The number of hydrogen-bond acceptors (Lipinski definition) is 4. The van der Waals surface area contributed by atoms with Crippen LogP contribution in [-0.4, -0.2) is 12.1 Å². The zero-order valence-electron chi connectivity index (χ0n) is 12.2. The van der Waals surface area contributed by atoms with Gasteiger partial charge in [0.05, 0.1) is 13.2 Å². The third kappa shape index (κ3) is 2.90. The van der Waals surface area contributed by atoms with E-state index in [1.54, 1.807) is 13.3 Å². The highest BCUT2D eigenvalue weighted by Gasteiger charge is 2.12. The lowest BCUT2D eigenvalue weighted by Crippen LogP contribution is -2.18. The second kappa shape index (κ2) is 5.97. The molecule has 1 aromatic carbocycles. The first-order valence-electron chi connectivity index (χ1n) is 6.97. The van der Waals surface area contributed by atoms with Crippen LogP contribution in [0.4, 0.5) is 0 Å². The van der Waals surface area contributed by atoms with Gasteiger partial charge >= 0.3 is 0 Å². The Bertz CT molecular complexity index is 703. The topological polar surface area (TPSA) is 47.3 Å². The molecule has 0 radical (unpaired) electrons. The van der Waals surface area contributed by atoms with Gasteiger partial charge in [-0.1, -0.05) is 24.3 Å². The molecule has 0 aliphatic rings. The summed E-state index contributed by atoms with van der Waals surface area (Å²) in [5.41, 5.74) is 1.95. The third-order valence-corrected chi connectivity index (χ3v) is 3.51. The maximum Gasteiger partial charge on any atom is 0.217 e. The number of furan rings is 1. The summed E-state index contributed by atoms with van der Waals surface area (Å²) in [4.78, 5) is 4.20. The van der Waals surface area contributed by atoms with Gasteiger partial charge in [-0.3, -0.25) is 0 Å². The fraction of sp³-hybridized carbons (Fsp3) is 0.235. The predicted octanol–water partition coefficient (Wildman–Crippen LogP) is 3.69. The minimum Gasteiger partial charge on any atom is -0.481 e. The van der Waals surface area contributed by atoms with Gasteiger partial charge in [0.2, 0.25) is 5.88 Å². The summed E-state index contributed by atoms with van der Waals surface area (Å²) in [7, 11) is 1.63. The Hall–Kier alpha value is -2.33. The predicted molar refractivity (Wildman–Crippen MR) is 82.3 cm³/mol. The SMILES string of the molecule is COc1ncccc1CN[C@H](C)c1cc2ccccc2o1. The quantitative estimate of drug-likeness (QED) is 0.775. The van der Waals surface area contributed by atoms with Crippen molar-refractivity contribution < 1.29 is 9.15 Å². The van der Waals surface area contributed by atoms with Crippen LogP contribution >= 0.6 is 0 Å². The van der Waals surface area contributed by atoms with Crippen LogP contribution in [0.25, 0.3) is 11.0 Å². The number of pyridine rings is 1. The fourth-order valence-corrected chi connectivity index (χ4v) is 2.32. The van der Waals surface area contributed by atoms with Gasteiger partial charge in [-0.25, -0.2) is 4.98 Å². The molecule has 4 heteroatoms. The number of aromatic nitrogens is 1. The van der Waals surface area contributed by atoms with E-state index in [2.05, 4.69) is 29.4 Å². The van der Waals surface area contributed by atoms with E-state index < -0.39 is 0 Å². The second-order valence-corrected chi connectivity index (χ2v) is 4.96. The molecule has 0 fully saturated rings. The molecule has 108 valence electrons. The number of para-hydroxylation sites is 1. The van der Waals surface area contributed by atoms with Crippen molar-refractivity contribution in [3.63, 3.8) is 0 Å². The molecule has 2 aromatic heterocycles. The van der Waals surface area contributed by atoms with Gasteiger partial charge in [0, 0.05) is 23.7 Å². The Morgan fingerprint density at radius 1 is 1.24 bits per heavy atom. The molecule has 0 unspecified atom stereocenters. The smallest absolute Gasteiger partial charge is 0.217 e. The average Bonchev–Trinajstić information content (AvgIpc) is 2.97. The number of nitrogens with zero attached hydrogens (tertiary/aromatic N) is 1. The lowest BCUT2D eigenvalue weighted by Gasteiger charge is -2.12. The first-order chi connectivity index (χ1) is 10.3. The molecule has 2 heterocycles. The lowest BCUT2D eigenvalue weighted by atomic mass is 10.2.